The molecule has 0 saturated heterocycles. The highest BCUT2D eigenvalue weighted by molar-refractivity contribution is 5.39. The molecule has 1 unspecified atom stereocenters. The van der Waals surface area contributed by atoms with Crippen LogP contribution in [0.15, 0.2) is 12.1 Å². The van der Waals surface area contributed by atoms with E-state index in [1.54, 1.807) is 6.07 Å². The lowest BCUT2D eigenvalue weighted by Crippen LogP contribution is -2.19. The van der Waals surface area contributed by atoms with Crippen molar-refractivity contribution in [2.45, 2.75) is 26.0 Å². The van der Waals surface area contributed by atoms with Gasteiger partial charge in [-0.2, -0.15) is 0 Å². The fourth-order valence-electron chi connectivity index (χ4n) is 1.64. The van der Waals surface area contributed by atoms with E-state index in [2.05, 4.69) is 0 Å². The number of fused-ring (bicyclic) bond motifs is 1. The minimum absolute atomic E-state index is 0.0580. The van der Waals surface area contributed by atoms with Gasteiger partial charge < -0.3 is 15.2 Å². The molecule has 1 aromatic rings. The van der Waals surface area contributed by atoms with Crippen LogP contribution in [0, 0.1) is 5.82 Å². The van der Waals surface area contributed by atoms with E-state index in [1.807, 2.05) is 6.92 Å². The standard InChI is InChI=1S/C11H14FNO2/c1-7(13)2-8-4-11-9(3-10(8)12)5-14-6-15-11/h3-4,7H,2,5-6,13H2,1H3. The predicted octanol–water partition coefficient (Wildman–Crippen LogP) is 1.58. The first-order valence-electron chi connectivity index (χ1n) is 4.94. The Morgan fingerprint density at radius 3 is 3.07 bits per heavy atom. The first-order chi connectivity index (χ1) is 7.16. The molecule has 2 N–H and O–H groups in total. The number of ether oxygens (including phenoxy) is 2. The molecular weight excluding hydrogens is 197 g/mol. The van der Waals surface area contributed by atoms with Gasteiger partial charge in [-0.05, 0) is 31.0 Å². The molecule has 2 rings (SSSR count). The molecule has 1 aromatic carbocycles. The van der Waals surface area contributed by atoms with E-state index >= 15 is 0 Å². The summed E-state index contributed by atoms with van der Waals surface area (Å²) in [5, 5.41) is 0. The lowest BCUT2D eigenvalue weighted by Gasteiger charge is -2.19. The summed E-state index contributed by atoms with van der Waals surface area (Å²) in [6.45, 7) is 2.49. The smallest absolute Gasteiger partial charge is 0.189 e. The molecule has 0 fully saturated rings. The first-order valence-corrected chi connectivity index (χ1v) is 4.94. The van der Waals surface area contributed by atoms with Gasteiger partial charge in [0, 0.05) is 11.6 Å². The summed E-state index contributed by atoms with van der Waals surface area (Å²) in [5.41, 5.74) is 7.00. The zero-order chi connectivity index (χ0) is 10.8. The van der Waals surface area contributed by atoms with Crippen LogP contribution in [0.25, 0.3) is 0 Å². The molecule has 82 valence electrons. The molecule has 0 aromatic heterocycles. The zero-order valence-corrected chi connectivity index (χ0v) is 8.63. The van der Waals surface area contributed by atoms with Gasteiger partial charge in [0.1, 0.15) is 11.6 Å². The topological polar surface area (TPSA) is 44.5 Å². The summed E-state index contributed by atoms with van der Waals surface area (Å²) in [5.74, 6) is 0.471. The minimum Gasteiger partial charge on any atom is -0.467 e. The Morgan fingerprint density at radius 2 is 2.33 bits per heavy atom. The second-order valence-electron chi connectivity index (χ2n) is 3.84. The number of nitrogens with two attached hydrogens (primary N) is 1. The third kappa shape index (κ3) is 2.27. The van der Waals surface area contributed by atoms with Crippen molar-refractivity contribution in [3.63, 3.8) is 0 Å². The monoisotopic (exact) mass is 211 g/mol. The SMILES string of the molecule is CC(N)Cc1cc2c(cc1F)COCO2. The quantitative estimate of drug-likeness (QED) is 0.807. The summed E-state index contributed by atoms with van der Waals surface area (Å²) in [4.78, 5) is 0. The van der Waals surface area contributed by atoms with Crippen molar-refractivity contribution in [1.82, 2.24) is 0 Å². The molecule has 1 atom stereocenters. The normalized spacial score (nSPS) is 16.7. The molecule has 4 heteroatoms. The van der Waals surface area contributed by atoms with Crippen LogP contribution in [0.1, 0.15) is 18.1 Å². The van der Waals surface area contributed by atoms with Crippen molar-refractivity contribution in [2.75, 3.05) is 6.79 Å². The number of hydrogen-bond acceptors (Lipinski definition) is 3. The van der Waals surface area contributed by atoms with Gasteiger partial charge in [-0.1, -0.05) is 0 Å². The van der Waals surface area contributed by atoms with Crippen LogP contribution in [0.4, 0.5) is 4.39 Å². The third-order valence-corrected chi connectivity index (χ3v) is 2.33. The van der Waals surface area contributed by atoms with Gasteiger partial charge in [0.05, 0.1) is 6.61 Å². The summed E-state index contributed by atoms with van der Waals surface area (Å²) >= 11 is 0. The molecular formula is C11H14FNO2. The van der Waals surface area contributed by atoms with Gasteiger partial charge >= 0.3 is 0 Å². The molecule has 0 aliphatic carbocycles. The van der Waals surface area contributed by atoms with E-state index in [0.717, 1.165) is 5.56 Å². The summed E-state index contributed by atoms with van der Waals surface area (Å²) in [6, 6.07) is 3.13. The fraction of sp³-hybridized carbons (Fsp3) is 0.455. The Bertz CT molecular complexity index is 366. The van der Waals surface area contributed by atoms with E-state index in [4.69, 9.17) is 15.2 Å². The van der Waals surface area contributed by atoms with Crippen LogP contribution in [0.5, 0.6) is 5.75 Å². The summed E-state index contributed by atoms with van der Waals surface area (Å²) in [6.07, 6.45) is 0.517. The van der Waals surface area contributed by atoms with Gasteiger partial charge in [0.15, 0.2) is 6.79 Å². The molecule has 3 nitrogen and oxygen atoms in total. The van der Waals surface area contributed by atoms with Crippen molar-refractivity contribution in [2.24, 2.45) is 5.73 Å². The predicted molar refractivity (Wildman–Crippen MR) is 54.0 cm³/mol. The molecule has 0 bridgehead atoms. The Kier molecular flexibility index (Phi) is 2.88. The lowest BCUT2D eigenvalue weighted by molar-refractivity contribution is -0.0166. The second-order valence-corrected chi connectivity index (χ2v) is 3.84. The highest BCUT2D eigenvalue weighted by Crippen LogP contribution is 2.27. The van der Waals surface area contributed by atoms with Gasteiger partial charge in [-0.25, -0.2) is 4.39 Å². The van der Waals surface area contributed by atoms with Gasteiger partial charge in [-0.3, -0.25) is 0 Å². The average molecular weight is 211 g/mol. The number of halogens is 1. The van der Waals surface area contributed by atoms with Crippen LogP contribution < -0.4 is 10.5 Å². The van der Waals surface area contributed by atoms with Gasteiger partial charge in [-0.15, -0.1) is 0 Å². The Labute approximate surface area is 88.0 Å². The van der Waals surface area contributed by atoms with E-state index < -0.39 is 0 Å². The fourth-order valence-corrected chi connectivity index (χ4v) is 1.64. The molecule has 0 saturated carbocycles. The molecule has 1 heterocycles. The van der Waals surface area contributed by atoms with Crippen molar-refractivity contribution in [3.05, 3.63) is 29.1 Å². The van der Waals surface area contributed by atoms with Crippen LogP contribution in [-0.4, -0.2) is 12.8 Å². The van der Waals surface area contributed by atoms with Gasteiger partial charge in [0.25, 0.3) is 0 Å². The van der Waals surface area contributed by atoms with E-state index in [1.165, 1.54) is 6.07 Å². The van der Waals surface area contributed by atoms with Crippen LogP contribution in [0.3, 0.4) is 0 Å². The maximum atomic E-state index is 13.6. The highest BCUT2D eigenvalue weighted by Gasteiger charge is 2.15. The maximum Gasteiger partial charge on any atom is 0.189 e. The number of benzene rings is 1. The Hall–Kier alpha value is -1.13. The molecule has 15 heavy (non-hydrogen) atoms. The van der Waals surface area contributed by atoms with Crippen LogP contribution in [0.2, 0.25) is 0 Å². The Balaban J connectivity index is 2.32. The average Bonchev–Trinajstić information content (AvgIpc) is 2.18. The highest BCUT2D eigenvalue weighted by atomic mass is 19.1. The number of hydrogen-bond donors (Lipinski definition) is 1. The lowest BCUT2D eigenvalue weighted by atomic mass is 10.0. The van der Waals surface area contributed by atoms with E-state index in [9.17, 15) is 4.39 Å². The minimum atomic E-state index is -0.236. The van der Waals surface area contributed by atoms with Crippen LogP contribution >= 0.6 is 0 Å². The summed E-state index contributed by atoms with van der Waals surface area (Å²) in [7, 11) is 0. The van der Waals surface area contributed by atoms with E-state index in [0.29, 0.717) is 24.3 Å². The summed E-state index contributed by atoms with van der Waals surface area (Å²) < 4.78 is 23.9. The molecule has 0 amide bonds. The zero-order valence-electron chi connectivity index (χ0n) is 8.63. The van der Waals surface area contributed by atoms with Gasteiger partial charge in [0.2, 0.25) is 0 Å². The second kappa shape index (κ2) is 4.16. The van der Waals surface area contributed by atoms with Crippen molar-refractivity contribution in [1.29, 1.82) is 0 Å². The van der Waals surface area contributed by atoms with E-state index in [-0.39, 0.29) is 18.7 Å². The largest absolute Gasteiger partial charge is 0.467 e. The first kappa shape index (κ1) is 10.4. The van der Waals surface area contributed by atoms with Crippen molar-refractivity contribution in [3.8, 4) is 5.75 Å². The third-order valence-electron chi connectivity index (χ3n) is 2.33. The molecule has 1 aliphatic rings. The maximum absolute atomic E-state index is 13.6. The molecule has 1 aliphatic heterocycles. The van der Waals surface area contributed by atoms with Crippen molar-refractivity contribution < 1.29 is 13.9 Å². The van der Waals surface area contributed by atoms with Crippen molar-refractivity contribution >= 4 is 0 Å². The molecule has 0 radical (unpaired) electrons. The Morgan fingerprint density at radius 1 is 1.53 bits per heavy atom. The molecule has 0 spiro atoms. The van der Waals surface area contributed by atoms with Crippen LogP contribution in [-0.2, 0) is 17.8 Å². The number of rotatable bonds is 2.